The predicted octanol–water partition coefficient (Wildman–Crippen LogP) is 2.81. The molecule has 1 aromatic rings. The lowest BCUT2D eigenvalue weighted by molar-refractivity contribution is 0.149. The summed E-state index contributed by atoms with van der Waals surface area (Å²) in [6.45, 7) is 5.00. The van der Waals surface area contributed by atoms with Gasteiger partial charge in [-0.25, -0.2) is 0 Å². The van der Waals surface area contributed by atoms with Gasteiger partial charge in [0.25, 0.3) is 0 Å². The summed E-state index contributed by atoms with van der Waals surface area (Å²) >= 11 is 0. The number of hydrogen-bond acceptors (Lipinski definition) is 5. The number of rotatable bonds is 6. The number of hydrogen-bond donors (Lipinski definition) is 3. The first-order chi connectivity index (χ1) is 10.1. The minimum Gasteiger partial charge on any atom is -0.476 e. The van der Waals surface area contributed by atoms with Crippen molar-refractivity contribution in [2.75, 3.05) is 24.3 Å². The molecule has 1 aromatic heterocycles. The lowest BCUT2D eigenvalue weighted by Crippen LogP contribution is -2.46. The molecule has 21 heavy (non-hydrogen) atoms. The number of nitrogen functional groups attached to an aromatic ring is 1. The van der Waals surface area contributed by atoms with Crippen LogP contribution in [0.2, 0.25) is 0 Å². The Labute approximate surface area is 126 Å². The highest BCUT2D eigenvalue weighted by Crippen LogP contribution is 2.35. The molecule has 2 unspecified atom stereocenters. The standard InChI is InChI=1S/C16H27N3O2/c1-3-9-21-15-13(17)6-7-14(18-15)19-16(11-20)8-4-5-12(2)10-16/h6-7,12,20H,3-5,8-11,17H2,1-2H3,(H,18,19). The average Bonchev–Trinajstić information content (AvgIpc) is 2.48. The molecule has 1 fully saturated rings. The van der Waals surface area contributed by atoms with E-state index in [1.807, 2.05) is 13.0 Å². The lowest BCUT2D eigenvalue weighted by atomic mass is 9.77. The zero-order valence-corrected chi connectivity index (χ0v) is 13.1. The molecule has 0 radical (unpaired) electrons. The van der Waals surface area contributed by atoms with E-state index in [0.29, 0.717) is 24.1 Å². The Kier molecular flexibility index (Phi) is 5.28. The summed E-state index contributed by atoms with van der Waals surface area (Å²) in [6, 6.07) is 3.66. The van der Waals surface area contributed by atoms with Crippen molar-refractivity contribution in [3.8, 4) is 5.88 Å². The van der Waals surface area contributed by atoms with Crippen molar-refractivity contribution in [2.45, 2.75) is 51.5 Å². The van der Waals surface area contributed by atoms with Gasteiger partial charge in [0.1, 0.15) is 5.82 Å². The maximum atomic E-state index is 9.84. The summed E-state index contributed by atoms with van der Waals surface area (Å²) in [7, 11) is 0. The van der Waals surface area contributed by atoms with Crippen molar-refractivity contribution >= 4 is 11.5 Å². The molecule has 5 heteroatoms. The molecular weight excluding hydrogens is 266 g/mol. The third-order valence-corrected chi connectivity index (χ3v) is 4.12. The van der Waals surface area contributed by atoms with Gasteiger partial charge in [-0.2, -0.15) is 4.98 Å². The molecule has 118 valence electrons. The Morgan fingerprint density at radius 2 is 2.33 bits per heavy atom. The van der Waals surface area contributed by atoms with Gasteiger partial charge in [-0.05, 0) is 37.3 Å². The van der Waals surface area contributed by atoms with Crippen molar-refractivity contribution in [3.05, 3.63) is 12.1 Å². The van der Waals surface area contributed by atoms with Crippen LogP contribution in [0.1, 0.15) is 46.0 Å². The zero-order valence-electron chi connectivity index (χ0n) is 13.1. The molecule has 1 aliphatic rings. The fourth-order valence-electron chi connectivity index (χ4n) is 3.06. The summed E-state index contributed by atoms with van der Waals surface area (Å²) in [5, 5.41) is 13.3. The number of anilines is 2. The fraction of sp³-hybridized carbons (Fsp3) is 0.688. The van der Waals surface area contributed by atoms with Gasteiger partial charge in [-0.3, -0.25) is 0 Å². The van der Waals surface area contributed by atoms with E-state index in [9.17, 15) is 5.11 Å². The highest BCUT2D eigenvalue weighted by atomic mass is 16.5. The lowest BCUT2D eigenvalue weighted by Gasteiger charge is -2.39. The van der Waals surface area contributed by atoms with Crippen molar-refractivity contribution < 1.29 is 9.84 Å². The SMILES string of the molecule is CCCOc1nc(NC2(CO)CCCC(C)C2)ccc1N. The van der Waals surface area contributed by atoms with Gasteiger partial charge >= 0.3 is 0 Å². The van der Waals surface area contributed by atoms with E-state index in [2.05, 4.69) is 17.2 Å². The minimum atomic E-state index is -0.275. The number of aliphatic hydroxyl groups is 1. The molecule has 1 aliphatic carbocycles. The van der Waals surface area contributed by atoms with Crippen LogP contribution in [0.4, 0.5) is 11.5 Å². The normalized spacial score (nSPS) is 25.6. The first kappa shape index (κ1) is 15.9. The molecule has 2 rings (SSSR count). The van der Waals surface area contributed by atoms with Crippen LogP contribution in [0.15, 0.2) is 12.1 Å². The number of pyridine rings is 1. The van der Waals surface area contributed by atoms with E-state index in [4.69, 9.17) is 10.5 Å². The number of nitrogens with two attached hydrogens (primary N) is 1. The summed E-state index contributed by atoms with van der Waals surface area (Å²) in [5.74, 6) is 1.81. The van der Waals surface area contributed by atoms with Crippen molar-refractivity contribution in [1.82, 2.24) is 4.98 Å². The summed E-state index contributed by atoms with van der Waals surface area (Å²) in [6.07, 6.45) is 5.19. The van der Waals surface area contributed by atoms with Gasteiger partial charge in [0.05, 0.1) is 24.4 Å². The Morgan fingerprint density at radius 1 is 1.52 bits per heavy atom. The van der Waals surface area contributed by atoms with Crippen LogP contribution in [0.25, 0.3) is 0 Å². The fourth-order valence-corrected chi connectivity index (χ4v) is 3.06. The molecule has 0 aromatic carbocycles. The van der Waals surface area contributed by atoms with Crippen LogP contribution in [0, 0.1) is 5.92 Å². The van der Waals surface area contributed by atoms with E-state index >= 15 is 0 Å². The van der Waals surface area contributed by atoms with E-state index < -0.39 is 0 Å². The van der Waals surface area contributed by atoms with Crippen LogP contribution < -0.4 is 15.8 Å². The van der Waals surface area contributed by atoms with E-state index in [0.717, 1.165) is 31.5 Å². The van der Waals surface area contributed by atoms with Gasteiger partial charge in [0.15, 0.2) is 0 Å². The summed E-state index contributed by atoms with van der Waals surface area (Å²) in [5.41, 5.74) is 6.16. The predicted molar refractivity (Wildman–Crippen MR) is 85.5 cm³/mol. The van der Waals surface area contributed by atoms with Gasteiger partial charge in [-0.15, -0.1) is 0 Å². The van der Waals surface area contributed by atoms with E-state index in [1.165, 1.54) is 6.42 Å². The topological polar surface area (TPSA) is 80.4 Å². The van der Waals surface area contributed by atoms with Crippen LogP contribution in [0.3, 0.4) is 0 Å². The Balaban J connectivity index is 2.13. The van der Waals surface area contributed by atoms with Gasteiger partial charge in [0, 0.05) is 0 Å². The molecule has 0 aliphatic heterocycles. The second-order valence-electron chi connectivity index (χ2n) is 6.20. The van der Waals surface area contributed by atoms with Crippen LogP contribution in [-0.2, 0) is 0 Å². The van der Waals surface area contributed by atoms with Crippen molar-refractivity contribution in [2.24, 2.45) is 5.92 Å². The quantitative estimate of drug-likeness (QED) is 0.751. The molecule has 5 nitrogen and oxygen atoms in total. The smallest absolute Gasteiger partial charge is 0.239 e. The third-order valence-electron chi connectivity index (χ3n) is 4.12. The van der Waals surface area contributed by atoms with Gasteiger partial charge < -0.3 is 20.9 Å². The van der Waals surface area contributed by atoms with Crippen LogP contribution in [-0.4, -0.2) is 28.8 Å². The second-order valence-corrected chi connectivity index (χ2v) is 6.20. The Hall–Kier alpha value is -1.49. The van der Waals surface area contributed by atoms with E-state index in [-0.39, 0.29) is 12.1 Å². The highest BCUT2D eigenvalue weighted by molar-refractivity contribution is 5.54. The van der Waals surface area contributed by atoms with Crippen molar-refractivity contribution in [3.63, 3.8) is 0 Å². The Bertz CT molecular complexity index is 467. The average molecular weight is 293 g/mol. The zero-order chi connectivity index (χ0) is 15.3. The molecule has 4 N–H and O–H groups in total. The molecule has 0 spiro atoms. The second kappa shape index (κ2) is 6.98. The summed E-state index contributed by atoms with van der Waals surface area (Å²) in [4.78, 5) is 4.45. The highest BCUT2D eigenvalue weighted by Gasteiger charge is 2.34. The van der Waals surface area contributed by atoms with E-state index in [1.54, 1.807) is 6.07 Å². The van der Waals surface area contributed by atoms with Crippen LogP contribution >= 0.6 is 0 Å². The molecule has 0 saturated heterocycles. The number of aliphatic hydroxyl groups excluding tert-OH is 1. The van der Waals surface area contributed by atoms with Crippen molar-refractivity contribution in [1.29, 1.82) is 0 Å². The maximum absolute atomic E-state index is 9.84. The van der Waals surface area contributed by atoms with Gasteiger partial charge in [0.2, 0.25) is 5.88 Å². The first-order valence-electron chi connectivity index (χ1n) is 7.87. The third kappa shape index (κ3) is 4.00. The number of aromatic nitrogens is 1. The monoisotopic (exact) mass is 293 g/mol. The molecule has 0 amide bonds. The largest absolute Gasteiger partial charge is 0.476 e. The maximum Gasteiger partial charge on any atom is 0.239 e. The minimum absolute atomic E-state index is 0.120. The molecule has 1 heterocycles. The van der Waals surface area contributed by atoms with Gasteiger partial charge in [-0.1, -0.05) is 26.7 Å². The Morgan fingerprint density at radius 3 is 3.00 bits per heavy atom. The molecule has 2 atom stereocenters. The number of ether oxygens (including phenoxy) is 1. The molecular formula is C16H27N3O2. The summed E-state index contributed by atoms with van der Waals surface area (Å²) < 4.78 is 5.56. The number of nitrogens with one attached hydrogen (secondary N) is 1. The first-order valence-corrected chi connectivity index (χ1v) is 7.87. The van der Waals surface area contributed by atoms with Crippen LogP contribution in [0.5, 0.6) is 5.88 Å². The molecule has 0 bridgehead atoms. The number of nitrogens with zero attached hydrogens (tertiary/aromatic N) is 1. The molecule has 1 saturated carbocycles.